The fourth-order valence-corrected chi connectivity index (χ4v) is 2.86. The van der Waals surface area contributed by atoms with Crippen LogP contribution in [0.15, 0.2) is 18.2 Å². The Morgan fingerprint density at radius 2 is 1.89 bits per heavy atom. The first-order valence-corrected chi connectivity index (χ1v) is 6.99. The van der Waals surface area contributed by atoms with E-state index in [2.05, 4.69) is 24.1 Å². The van der Waals surface area contributed by atoms with E-state index < -0.39 is 11.6 Å². The maximum Gasteiger partial charge on any atom is 0.159 e. The summed E-state index contributed by atoms with van der Waals surface area (Å²) in [6, 6.07) is 4.44. The Morgan fingerprint density at radius 3 is 2.58 bits per heavy atom. The molecule has 1 unspecified atom stereocenters. The van der Waals surface area contributed by atoms with E-state index in [0.717, 1.165) is 38.2 Å². The van der Waals surface area contributed by atoms with Crippen LogP contribution in [0.2, 0.25) is 0 Å². The molecule has 0 bridgehead atoms. The quantitative estimate of drug-likeness (QED) is 0.906. The van der Waals surface area contributed by atoms with Crippen LogP contribution in [-0.2, 0) is 0 Å². The van der Waals surface area contributed by atoms with Gasteiger partial charge in [-0.05, 0) is 36.6 Å². The fourth-order valence-electron chi connectivity index (χ4n) is 2.86. The molecule has 1 fully saturated rings. The minimum atomic E-state index is -0.774. The van der Waals surface area contributed by atoms with Crippen molar-refractivity contribution in [2.45, 2.75) is 26.3 Å². The third kappa shape index (κ3) is 3.51. The highest BCUT2D eigenvalue weighted by Crippen LogP contribution is 2.29. The van der Waals surface area contributed by atoms with Gasteiger partial charge in [0.25, 0.3) is 0 Å². The van der Waals surface area contributed by atoms with Crippen molar-refractivity contribution in [2.24, 2.45) is 5.92 Å². The SMILES string of the molecule is CC(C)C(c1ccc(F)c(F)c1)N1CCCNCC1. The third-order valence-corrected chi connectivity index (χ3v) is 3.68. The van der Waals surface area contributed by atoms with Gasteiger partial charge in [0.05, 0.1) is 0 Å². The van der Waals surface area contributed by atoms with E-state index in [4.69, 9.17) is 0 Å². The topological polar surface area (TPSA) is 15.3 Å². The molecule has 4 heteroatoms. The fraction of sp³-hybridized carbons (Fsp3) is 0.600. The molecule has 1 saturated heterocycles. The van der Waals surface area contributed by atoms with Gasteiger partial charge in [-0.25, -0.2) is 8.78 Å². The molecular formula is C15H22F2N2. The van der Waals surface area contributed by atoms with Crippen LogP contribution in [0.3, 0.4) is 0 Å². The summed E-state index contributed by atoms with van der Waals surface area (Å²) in [5.41, 5.74) is 0.871. The Bertz CT molecular complexity index is 413. The van der Waals surface area contributed by atoms with Gasteiger partial charge >= 0.3 is 0 Å². The Hall–Kier alpha value is -1.00. The van der Waals surface area contributed by atoms with E-state index in [1.807, 2.05) is 0 Å². The zero-order valence-corrected chi connectivity index (χ0v) is 11.6. The molecular weight excluding hydrogens is 246 g/mol. The van der Waals surface area contributed by atoms with Gasteiger partial charge in [-0.2, -0.15) is 0 Å². The van der Waals surface area contributed by atoms with Crippen LogP contribution in [0, 0.1) is 17.6 Å². The lowest BCUT2D eigenvalue weighted by Gasteiger charge is -2.33. The van der Waals surface area contributed by atoms with Gasteiger partial charge < -0.3 is 5.32 Å². The number of nitrogens with one attached hydrogen (secondary N) is 1. The highest BCUT2D eigenvalue weighted by molar-refractivity contribution is 5.22. The summed E-state index contributed by atoms with van der Waals surface area (Å²) in [6.07, 6.45) is 1.09. The number of halogens is 2. The molecule has 0 saturated carbocycles. The van der Waals surface area contributed by atoms with Gasteiger partial charge in [0.15, 0.2) is 11.6 Å². The number of hydrogen-bond acceptors (Lipinski definition) is 2. The average Bonchev–Trinajstić information content (AvgIpc) is 2.62. The molecule has 1 aliphatic rings. The van der Waals surface area contributed by atoms with Crippen molar-refractivity contribution in [2.75, 3.05) is 26.2 Å². The summed E-state index contributed by atoms with van der Waals surface area (Å²) in [7, 11) is 0. The van der Waals surface area contributed by atoms with Crippen molar-refractivity contribution in [3.63, 3.8) is 0 Å². The molecule has 0 aliphatic carbocycles. The Balaban J connectivity index is 2.25. The summed E-state index contributed by atoms with van der Waals surface area (Å²) < 4.78 is 26.5. The highest BCUT2D eigenvalue weighted by Gasteiger charge is 2.25. The van der Waals surface area contributed by atoms with Crippen molar-refractivity contribution in [3.8, 4) is 0 Å². The molecule has 19 heavy (non-hydrogen) atoms. The summed E-state index contributed by atoms with van der Waals surface area (Å²) >= 11 is 0. The Morgan fingerprint density at radius 1 is 1.11 bits per heavy atom. The molecule has 1 heterocycles. The van der Waals surface area contributed by atoms with Crippen LogP contribution in [0.5, 0.6) is 0 Å². The van der Waals surface area contributed by atoms with Gasteiger partial charge in [0.1, 0.15) is 0 Å². The van der Waals surface area contributed by atoms with E-state index in [-0.39, 0.29) is 6.04 Å². The van der Waals surface area contributed by atoms with Gasteiger partial charge in [0.2, 0.25) is 0 Å². The van der Waals surface area contributed by atoms with Crippen molar-refractivity contribution >= 4 is 0 Å². The maximum absolute atomic E-state index is 13.4. The Kier molecular flexibility index (Phi) is 4.88. The van der Waals surface area contributed by atoms with E-state index >= 15 is 0 Å². The minimum absolute atomic E-state index is 0.148. The van der Waals surface area contributed by atoms with E-state index in [0.29, 0.717) is 5.92 Å². The molecule has 0 radical (unpaired) electrons. The minimum Gasteiger partial charge on any atom is -0.315 e. The van der Waals surface area contributed by atoms with Crippen LogP contribution in [0.1, 0.15) is 31.9 Å². The molecule has 1 aliphatic heterocycles. The zero-order chi connectivity index (χ0) is 13.8. The monoisotopic (exact) mass is 268 g/mol. The predicted molar refractivity (Wildman–Crippen MR) is 73.0 cm³/mol. The van der Waals surface area contributed by atoms with Crippen molar-refractivity contribution in [1.29, 1.82) is 0 Å². The number of hydrogen-bond donors (Lipinski definition) is 1. The average molecular weight is 268 g/mol. The lowest BCUT2D eigenvalue weighted by atomic mass is 9.94. The number of benzene rings is 1. The highest BCUT2D eigenvalue weighted by atomic mass is 19.2. The van der Waals surface area contributed by atoms with Gasteiger partial charge in [-0.3, -0.25) is 4.90 Å². The second-order valence-electron chi connectivity index (χ2n) is 5.50. The van der Waals surface area contributed by atoms with Gasteiger partial charge in [0, 0.05) is 25.7 Å². The van der Waals surface area contributed by atoms with Crippen LogP contribution < -0.4 is 5.32 Å². The van der Waals surface area contributed by atoms with E-state index in [1.54, 1.807) is 6.07 Å². The molecule has 106 valence electrons. The van der Waals surface area contributed by atoms with Crippen LogP contribution in [0.4, 0.5) is 8.78 Å². The van der Waals surface area contributed by atoms with Gasteiger partial charge in [-0.15, -0.1) is 0 Å². The lowest BCUT2D eigenvalue weighted by Crippen LogP contribution is -2.35. The molecule has 0 spiro atoms. The van der Waals surface area contributed by atoms with Crippen LogP contribution >= 0.6 is 0 Å². The third-order valence-electron chi connectivity index (χ3n) is 3.68. The molecule has 2 nitrogen and oxygen atoms in total. The van der Waals surface area contributed by atoms with Crippen molar-refractivity contribution < 1.29 is 8.78 Å². The normalized spacial score (nSPS) is 19.4. The first-order valence-electron chi connectivity index (χ1n) is 6.99. The molecule has 1 atom stereocenters. The molecule has 2 rings (SSSR count). The molecule has 1 N–H and O–H groups in total. The van der Waals surface area contributed by atoms with Gasteiger partial charge in [-0.1, -0.05) is 19.9 Å². The summed E-state index contributed by atoms with van der Waals surface area (Å²) in [6.45, 7) is 8.18. The van der Waals surface area contributed by atoms with Crippen molar-refractivity contribution in [1.82, 2.24) is 10.2 Å². The first-order chi connectivity index (χ1) is 9.09. The Labute approximate surface area is 113 Å². The summed E-state index contributed by atoms with van der Waals surface area (Å²) in [5, 5.41) is 3.37. The summed E-state index contributed by atoms with van der Waals surface area (Å²) in [5.74, 6) is -1.16. The smallest absolute Gasteiger partial charge is 0.159 e. The molecule has 0 amide bonds. The largest absolute Gasteiger partial charge is 0.315 e. The second-order valence-corrected chi connectivity index (χ2v) is 5.50. The zero-order valence-electron chi connectivity index (χ0n) is 11.6. The maximum atomic E-state index is 13.4. The molecule has 1 aromatic rings. The van der Waals surface area contributed by atoms with E-state index in [9.17, 15) is 8.78 Å². The molecule has 0 aromatic heterocycles. The van der Waals surface area contributed by atoms with E-state index in [1.165, 1.54) is 12.1 Å². The predicted octanol–water partition coefficient (Wildman–Crippen LogP) is 2.96. The molecule has 1 aromatic carbocycles. The first kappa shape index (κ1) is 14.4. The number of rotatable bonds is 3. The standard InChI is InChI=1S/C15H22F2N2/c1-11(2)15(19-8-3-6-18-7-9-19)12-4-5-13(16)14(17)10-12/h4-5,10-11,15,18H,3,6-9H2,1-2H3. The lowest BCUT2D eigenvalue weighted by molar-refractivity contribution is 0.165. The number of nitrogens with zero attached hydrogens (tertiary/aromatic N) is 1. The second kappa shape index (κ2) is 6.44. The van der Waals surface area contributed by atoms with Crippen LogP contribution in [0.25, 0.3) is 0 Å². The van der Waals surface area contributed by atoms with Crippen LogP contribution in [-0.4, -0.2) is 31.1 Å². The van der Waals surface area contributed by atoms with Crippen molar-refractivity contribution in [3.05, 3.63) is 35.4 Å². The summed E-state index contributed by atoms with van der Waals surface area (Å²) in [4.78, 5) is 2.37.